The van der Waals surface area contributed by atoms with Gasteiger partial charge in [-0.1, -0.05) is 48.9 Å². The number of hydrogen-bond acceptors (Lipinski definition) is 4. The molecule has 0 heterocycles. The van der Waals surface area contributed by atoms with Crippen molar-refractivity contribution in [2.45, 2.75) is 46.7 Å². The Bertz CT molecular complexity index is 1080. The van der Waals surface area contributed by atoms with E-state index in [4.69, 9.17) is 0 Å². The second kappa shape index (κ2) is 10.6. The fourth-order valence-electron chi connectivity index (χ4n) is 3.68. The molecule has 2 aromatic carbocycles. The maximum absolute atomic E-state index is 13.5. The highest BCUT2D eigenvalue weighted by molar-refractivity contribution is 7.92. The molecule has 1 N–H and O–H groups in total. The largest absolute Gasteiger partial charge is 0.357 e. The number of sulfonamides is 1. The molecule has 7 nitrogen and oxygen atoms in total. The number of amides is 2. The molecular weight excluding hydrogens is 426 g/mol. The number of carbonyl (C=O) groups is 2. The minimum absolute atomic E-state index is 0.205. The number of hydrogen-bond donors (Lipinski definition) is 1. The number of rotatable bonds is 9. The van der Waals surface area contributed by atoms with Crippen LogP contribution < -0.4 is 9.62 Å². The maximum Gasteiger partial charge on any atom is 0.244 e. The van der Waals surface area contributed by atoms with Gasteiger partial charge < -0.3 is 10.2 Å². The summed E-state index contributed by atoms with van der Waals surface area (Å²) in [4.78, 5) is 27.5. The molecule has 0 saturated carbocycles. The van der Waals surface area contributed by atoms with Crippen molar-refractivity contribution in [3.05, 3.63) is 64.7 Å². The highest BCUT2D eigenvalue weighted by Crippen LogP contribution is 2.25. The highest BCUT2D eigenvalue weighted by atomic mass is 32.2. The molecule has 0 aliphatic carbocycles. The summed E-state index contributed by atoms with van der Waals surface area (Å²) in [5, 5.41) is 2.62. The summed E-state index contributed by atoms with van der Waals surface area (Å²) in [5.74, 6) is -0.723. The van der Waals surface area contributed by atoms with Gasteiger partial charge in [-0.3, -0.25) is 13.9 Å². The van der Waals surface area contributed by atoms with Crippen molar-refractivity contribution < 1.29 is 18.0 Å². The van der Waals surface area contributed by atoms with E-state index in [0.29, 0.717) is 12.1 Å². The van der Waals surface area contributed by atoms with Gasteiger partial charge >= 0.3 is 0 Å². The van der Waals surface area contributed by atoms with Gasteiger partial charge in [-0.05, 0) is 49.9 Å². The molecule has 1 atom stereocenters. The van der Waals surface area contributed by atoms with Crippen molar-refractivity contribution in [3.63, 3.8) is 0 Å². The summed E-state index contributed by atoms with van der Waals surface area (Å²) in [7, 11) is -2.21. The lowest BCUT2D eigenvalue weighted by molar-refractivity contribution is -0.140. The van der Waals surface area contributed by atoms with Crippen molar-refractivity contribution >= 4 is 27.5 Å². The monoisotopic (exact) mass is 459 g/mol. The fraction of sp³-hybridized carbons (Fsp3) is 0.417. The van der Waals surface area contributed by atoms with Crippen molar-refractivity contribution in [2.24, 2.45) is 0 Å². The zero-order valence-corrected chi connectivity index (χ0v) is 20.5. The van der Waals surface area contributed by atoms with Crippen LogP contribution in [0.5, 0.6) is 0 Å². The summed E-state index contributed by atoms with van der Waals surface area (Å²) in [6.45, 7) is 7.28. The van der Waals surface area contributed by atoms with Crippen LogP contribution in [0.2, 0.25) is 0 Å². The first-order valence-corrected chi connectivity index (χ1v) is 12.4. The van der Waals surface area contributed by atoms with Gasteiger partial charge in [-0.25, -0.2) is 8.42 Å². The minimum atomic E-state index is -3.74. The average Bonchev–Trinajstić information content (AvgIpc) is 2.72. The molecule has 174 valence electrons. The first kappa shape index (κ1) is 25.4. The van der Waals surface area contributed by atoms with Crippen LogP contribution in [-0.2, 0) is 26.2 Å². The quantitative estimate of drug-likeness (QED) is 0.625. The number of aryl methyl sites for hydroxylation is 3. The average molecular weight is 460 g/mol. The summed E-state index contributed by atoms with van der Waals surface area (Å²) < 4.78 is 26.4. The van der Waals surface area contributed by atoms with Gasteiger partial charge in [0.15, 0.2) is 0 Å². The predicted molar refractivity (Wildman–Crippen MR) is 128 cm³/mol. The normalized spacial score (nSPS) is 12.2. The van der Waals surface area contributed by atoms with E-state index >= 15 is 0 Å². The molecule has 0 spiro atoms. The zero-order valence-electron chi connectivity index (χ0n) is 19.7. The molecule has 32 heavy (non-hydrogen) atoms. The van der Waals surface area contributed by atoms with E-state index in [1.165, 1.54) is 11.9 Å². The molecule has 0 saturated heterocycles. The molecular formula is C24H33N3O4S. The fourth-order valence-corrected chi connectivity index (χ4v) is 4.58. The second-order valence-corrected chi connectivity index (χ2v) is 10.0. The Balaban J connectivity index is 2.47. The summed E-state index contributed by atoms with van der Waals surface area (Å²) >= 11 is 0. The Morgan fingerprint density at radius 1 is 1.03 bits per heavy atom. The van der Waals surface area contributed by atoms with Gasteiger partial charge in [-0.2, -0.15) is 0 Å². The van der Waals surface area contributed by atoms with Crippen molar-refractivity contribution in [2.75, 3.05) is 24.2 Å². The smallest absolute Gasteiger partial charge is 0.244 e. The molecule has 2 amide bonds. The Kier molecular flexibility index (Phi) is 8.44. The Hall–Kier alpha value is -2.87. The molecule has 0 bridgehead atoms. The Morgan fingerprint density at radius 2 is 1.69 bits per heavy atom. The van der Waals surface area contributed by atoms with Crippen molar-refractivity contribution in [3.8, 4) is 0 Å². The third-order valence-electron chi connectivity index (χ3n) is 5.38. The molecule has 2 rings (SSSR count). The molecule has 0 aromatic heterocycles. The van der Waals surface area contributed by atoms with Crippen LogP contribution in [0.1, 0.15) is 35.6 Å². The Labute approximate surface area is 191 Å². The van der Waals surface area contributed by atoms with E-state index < -0.39 is 22.0 Å². The van der Waals surface area contributed by atoms with Crippen LogP contribution in [-0.4, -0.2) is 51.0 Å². The van der Waals surface area contributed by atoms with E-state index in [0.717, 1.165) is 32.8 Å². The lowest BCUT2D eigenvalue weighted by Crippen LogP contribution is -2.51. The first-order chi connectivity index (χ1) is 15.0. The zero-order chi connectivity index (χ0) is 24.1. The van der Waals surface area contributed by atoms with Crippen LogP contribution in [0.4, 0.5) is 5.69 Å². The lowest BCUT2D eigenvalue weighted by atomic mass is 10.1. The van der Waals surface area contributed by atoms with Crippen LogP contribution in [0.15, 0.2) is 42.5 Å². The first-order valence-electron chi connectivity index (χ1n) is 10.6. The van der Waals surface area contributed by atoms with E-state index in [2.05, 4.69) is 5.32 Å². The standard InChI is InChI=1S/C24H33N3O4S/c1-7-21(24(29)25-5)26(15-20-10-8-9-17(2)13-20)23(28)16-27(32(6,30)31)22-14-18(3)11-12-19(22)4/h8-14,21H,7,15-16H2,1-6H3,(H,25,29)/t21-/m1/s1. The van der Waals surface area contributed by atoms with Crippen molar-refractivity contribution in [1.29, 1.82) is 0 Å². The van der Waals surface area contributed by atoms with E-state index in [9.17, 15) is 18.0 Å². The van der Waals surface area contributed by atoms with Crippen LogP contribution in [0.3, 0.4) is 0 Å². The van der Waals surface area contributed by atoms with E-state index in [1.807, 2.05) is 57.2 Å². The number of anilines is 1. The van der Waals surface area contributed by atoms with Gasteiger partial charge in [-0.15, -0.1) is 0 Å². The highest BCUT2D eigenvalue weighted by Gasteiger charge is 2.31. The van der Waals surface area contributed by atoms with Gasteiger partial charge in [0, 0.05) is 13.6 Å². The number of nitrogens with zero attached hydrogens (tertiary/aromatic N) is 2. The lowest BCUT2D eigenvalue weighted by Gasteiger charge is -2.33. The SMILES string of the molecule is CC[C@H](C(=O)NC)N(Cc1cccc(C)c1)C(=O)CN(c1cc(C)ccc1C)S(C)(=O)=O. The summed E-state index contributed by atoms with van der Waals surface area (Å²) in [6, 6.07) is 12.5. The number of benzene rings is 2. The number of nitrogens with one attached hydrogen (secondary N) is 1. The van der Waals surface area contributed by atoms with Gasteiger partial charge in [0.05, 0.1) is 11.9 Å². The maximum atomic E-state index is 13.5. The molecule has 8 heteroatoms. The molecule has 0 radical (unpaired) electrons. The predicted octanol–water partition coefficient (Wildman–Crippen LogP) is 2.93. The Morgan fingerprint density at radius 3 is 2.25 bits per heavy atom. The van der Waals surface area contributed by atoms with Crippen LogP contribution in [0.25, 0.3) is 0 Å². The summed E-state index contributed by atoms with van der Waals surface area (Å²) in [5.41, 5.74) is 4.01. The van der Waals surface area contributed by atoms with Crippen LogP contribution >= 0.6 is 0 Å². The molecule has 0 aliphatic heterocycles. The van der Waals surface area contributed by atoms with Gasteiger partial charge in [0.1, 0.15) is 12.6 Å². The van der Waals surface area contributed by atoms with Crippen molar-refractivity contribution in [1.82, 2.24) is 10.2 Å². The minimum Gasteiger partial charge on any atom is -0.357 e. The number of likely N-dealkylation sites (N-methyl/N-ethyl adjacent to an activating group) is 1. The third kappa shape index (κ3) is 6.32. The van der Waals surface area contributed by atoms with E-state index in [-0.39, 0.29) is 19.0 Å². The third-order valence-corrected chi connectivity index (χ3v) is 6.51. The van der Waals surface area contributed by atoms with Gasteiger partial charge in [0.2, 0.25) is 21.8 Å². The topological polar surface area (TPSA) is 86.8 Å². The van der Waals surface area contributed by atoms with Gasteiger partial charge in [0.25, 0.3) is 0 Å². The molecule has 0 fully saturated rings. The molecule has 0 aliphatic rings. The van der Waals surface area contributed by atoms with Crippen LogP contribution in [0, 0.1) is 20.8 Å². The molecule has 0 unspecified atom stereocenters. The van der Waals surface area contributed by atoms with E-state index in [1.54, 1.807) is 13.0 Å². The molecule has 2 aromatic rings. The number of carbonyl (C=O) groups excluding carboxylic acids is 2. The second-order valence-electron chi connectivity index (χ2n) is 8.11. The summed E-state index contributed by atoms with van der Waals surface area (Å²) in [6.07, 6.45) is 1.49.